The zero-order valence-electron chi connectivity index (χ0n) is 24.1. The minimum atomic E-state index is -0.629. The molecule has 1 atom stereocenters. The summed E-state index contributed by atoms with van der Waals surface area (Å²) in [7, 11) is 0. The Kier molecular flexibility index (Phi) is 8.98. The van der Waals surface area contributed by atoms with Crippen LogP contribution in [0.2, 0.25) is 13.1 Å². The molecule has 5 aromatic rings. The average Bonchev–Trinajstić information content (AvgIpc) is 3.51. The van der Waals surface area contributed by atoms with Crippen LogP contribution >= 0.6 is 0 Å². The number of hydrogen-bond donors (Lipinski definition) is 0. The van der Waals surface area contributed by atoms with Crippen LogP contribution in [0.4, 0.5) is 0 Å². The van der Waals surface area contributed by atoms with E-state index in [1.165, 1.54) is 55.3 Å². The quantitative estimate of drug-likeness (QED) is 0.248. The largest absolute Gasteiger partial charge is 1.00 e. The van der Waals surface area contributed by atoms with Gasteiger partial charge in [-0.25, -0.2) is 0 Å². The Morgan fingerprint density at radius 2 is 1.54 bits per heavy atom. The predicted octanol–water partition coefficient (Wildman–Crippen LogP) is 3.02. The first-order valence-corrected chi connectivity index (χ1v) is 22.7. The van der Waals surface area contributed by atoms with Gasteiger partial charge in [-0.3, -0.25) is 0 Å². The van der Waals surface area contributed by atoms with Crippen molar-refractivity contribution in [2.75, 3.05) is 0 Å². The van der Waals surface area contributed by atoms with E-state index in [0.717, 1.165) is 12.8 Å². The molecule has 0 aliphatic heterocycles. The van der Waals surface area contributed by atoms with E-state index in [0.29, 0.717) is 5.92 Å². The SMILES string of the molecule is CCC1=Cc2c(-c3c(C)ccc4ccccc34)cccc2C1c1[c]([Zr+2][SiH](C)C)ccc2c1Cc1ccccc1-2.[Cl-].[Cl-]. The Hall–Kier alpha value is -2.22. The molecule has 2 aliphatic carbocycles. The van der Waals surface area contributed by atoms with Crippen LogP contribution in [0.25, 0.3) is 39.1 Å². The summed E-state index contributed by atoms with van der Waals surface area (Å²) in [5.41, 5.74) is 16.4. The molecule has 5 aromatic carbocycles. The molecular weight excluding hydrogens is 635 g/mol. The Morgan fingerprint density at radius 1 is 0.780 bits per heavy atom. The average molecular weight is 669 g/mol. The zero-order valence-corrected chi connectivity index (χ0v) is 29.2. The molecule has 0 amide bonds. The maximum Gasteiger partial charge on any atom is -1.00 e. The molecule has 0 spiro atoms. The first kappa shape index (κ1) is 30.2. The summed E-state index contributed by atoms with van der Waals surface area (Å²) in [6.07, 6.45) is 4.74. The van der Waals surface area contributed by atoms with Crippen molar-refractivity contribution in [3.05, 3.63) is 130 Å². The van der Waals surface area contributed by atoms with Crippen molar-refractivity contribution >= 4 is 26.0 Å². The molecule has 4 heteroatoms. The van der Waals surface area contributed by atoms with E-state index in [9.17, 15) is 0 Å². The van der Waals surface area contributed by atoms with Gasteiger partial charge in [0.25, 0.3) is 0 Å². The molecule has 7 rings (SSSR count). The number of benzene rings is 5. The second kappa shape index (κ2) is 12.2. The number of fused-ring (bicyclic) bond motifs is 5. The van der Waals surface area contributed by atoms with Crippen LogP contribution in [0, 0.1) is 6.92 Å². The summed E-state index contributed by atoms with van der Waals surface area (Å²) in [6, 6.07) is 34.7. The van der Waals surface area contributed by atoms with E-state index in [2.05, 4.69) is 124 Å². The maximum absolute atomic E-state index is 2.57. The van der Waals surface area contributed by atoms with Gasteiger partial charge >= 0.3 is 246 Å². The van der Waals surface area contributed by atoms with E-state index in [1.807, 2.05) is 0 Å². The molecule has 0 nitrogen and oxygen atoms in total. The van der Waals surface area contributed by atoms with Gasteiger partial charge in [-0.2, -0.15) is 0 Å². The Labute approximate surface area is 269 Å². The number of allylic oxidation sites excluding steroid dienone is 1. The van der Waals surface area contributed by atoms with Crippen LogP contribution < -0.4 is 28.1 Å². The molecule has 0 radical (unpaired) electrons. The van der Waals surface area contributed by atoms with Gasteiger partial charge in [-0.15, -0.1) is 0 Å². The molecule has 41 heavy (non-hydrogen) atoms. The summed E-state index contributed by atoms with van der Waals surface area (Å²) in [5, 5.41) is 2.68. The van der Waals surface area contributed by atoms with Gasteiger partial charge in [0.2, 0.25) is 0 Å². The molecule has 0 heterocycles. The standard InChI is InChI=1S/C35H27.C2H7Si.2ClH.Zr/c1-3-23-20-33-29(34-22(2)18-19-24-10-4-7-13-27(24)34)15-9-17-31(33)35(23)30-16-8-14-28-26-12-6-5-11-25(26)21-32(28)30;1-3-2;;;/h4-15,17-20,35H,3,21H2,1-2H3;3H,1-2H3;2*1H;/q;;;;+2/p-2. The van der Waals surface area contributed by atoms with Gasteiger partial charge in [-0.1, -0.05) is 0 Å². The van der Waals surface area contributed by atoms with Crippen molar-refractivity contribution in [3.63, 3.8) is 0 Å². The third-order valence-corrected chi connectivity index (χ3v) is 17.2. The third-order valence-electron chi connectivity index (χ3n) is 8.73. The number of rotatable bonds is 5. The Bertz CT molecular complexity index is 1800. The van der Waals surface area contributed by atoms with Gasteiger partial charge in [0.15, 0.2) is 0 Å². The summed E-state index contributed by atoms with van der Waals surface area (Å²) < 4.78 is 1.76. The van der Waals surface area contributed by atoms with Crippen LogP contribution in [-0.2, 0) is 28.8 Å². The molecule has 0 saturated carbocycles. The van der Waals surface area contributed by atoms with Gasteiger partial charge in [-0.05, 0) is 0 Å². The van der Waals surface area contributed by atoms with Gasteiger partial charge < -0.3 is 24.8 Å². The molecular formula is C37H34Cl2SiZr. The fourth-order valence-electron chi connectivity index (χ4n) is 7.07. The van der Waals surface area contributed by atoms with Gasteiger partial charge in [0.1, 0.15) is 0 Å². The fourth-order valence-corrected chi connectivity index (χ4v) is 15.3. The third kappa shape index (κ3) is 5.06. The van der Waals surface area contributed by atoms with Crippen molar-refractivity contribution in [1.29, 1.82) is 0 Å². The fraction of sp³-hybridized carbons (Fsp3) is 0.189. The molecule has 0 N–H and O–H groups in total. The van der Waals surface area contributed by atoms with E-state index in [1.54, 1.807) is 20.0 Å². The number of hydrogen-bond acceptors (Lipinski definition) is 0. The van der Waals surface area contributed by atoms with Gasteiger partial charge in [0.05, 0.1) is 0 Å². The predicted molar refractivity (Wildman–Crippen MR) is 167 cm³/mol. The molecule has 2 aliphatic rings. The molecule has 1 unspecified atom stereocenters. The summed E-state index contributed by atoms with van der Waals surface area (Å²) in [4.78, 5) is 0. The van der Waals surface area contributed by atoms with Crippen molar-refractivity contribution in [3.8, 4) is 22.3 Å². The Morgan fingerprint density at radius 3 is 2.34 bits per heavy atom. The molecule has 204 valence electrons. The van der Waals surface area contributed by atoms with Crippen LogP contribution in [0.5, 0.6) is 0 Å². The van der Waals surface area contributed by atoms with Crippen LogP contribution in [0.3, 0.4) is 0 Å². The van der Waals surface area contributed by atoms with E-state index < -0.39 is 28.3 Å². The molecule has 0 saturated heterocycles. The van der Waals surface area contributed by atoms with Crippen LogP contribution in [0.1, 0.15) is 52.6 Å². The maximum atomic E-state index is 2.57. The van der Waals surface area contributed by atoms with E-state index in [4.69, 9.17) is 0 Å². The summed E-state index contributed by atoms with van der Waals surface area (Å²) in [6.45, 7) is 9.77. The summed E-state index contributed by atoms with van der Waals surface area (Å²) >= 11 is -0.595. The van der Waals surface area contributed by atoms with Crippen molar-refractivity contribution in [2.45, 2.75) is 45.7 Å². The van der Waals surface area contributed by atoms with Crippen molar-refractivity contribution in [2.24, 2.45) is 0 Å². The minimum absolute atomic E-state index is 0. The second-order valence-corrected chi connectivity index (χ2v) is 26.0. The smallest absolute Gasteiger partial charge is 1.00 e. The minimum Gasteiger partial charge on any atom is -1.00 e. The topological polar surface area (TPSA) is 0 Å². The van der Waals surface area contributed by atoms with E-state index >= 15 is 0 Å². The molecule has 0 aromatic heterocycles. The van der Waals surface area contributed by atoms with Crippen molar-refractivity contribution < 1.29 is 47.2 Å². The molecule has 0 fully saturated rings. The normalized spacial score (nSPS) is 14.5. The number of halogens is 2. The molecule has 0 bridgehead atoms. The van der Waals surface area contributed by atoms with E-state index in [-0.39, 0.29) is 24.8 Å². The number of aryl methyl sites for hydroxylation is 1. The second-order valence-electron chi connectivity index (χ2n) is 11.5. The summed E-state index contributed by atoms with van der Waals surface area (Å²) in [5.74, 6) is -0.247. The van der Waals surface area contributed by atoms with Crippen LogP contribution in [-0.4, -0.2) is 5.92 Å². The Balaban J connectivity index is 0.00000169. The first-order valence-electron chi connectivity index (χ1n) is 14.4. The van der Waals surface area contributed by atoms with Crippen molar-refractivity contribution in [1.82, 2.24) is 0 Å². The first-order chi connectivity index (χ1) is 19.0. The van der Waals surface area contributed by atoms with Crippen LogP contribution in [0.15, 0.2) is 96.6 Å². The zero-order chi connectivity index (χ0) is 26.7. The monoisotopic (exact) mass is 666 g/mol. The van der Waals surface area contributed by atoms with Gasteiger partial charge in [0, 0.05) is 0 Å².